The minimum Gasteiger partial charge on any atom is -0.435 e. The third kappa shape index (κ3) is 4.22. The number of nitrogens with zero attached hydrogens (tertiary/aromatic N) is 5. The molecule has 0 saturated carbocycles. The van der Waals surface area contributed by atoms with Crippen LogP contribution < -0.4 is 9.64 Å². The molecule has 33 heavy (non-hydrogen) atoms. The average molecular weight is 445 g/mol. The molecule has 3 heterocycles. The van der Waals surface area contributed by atoms with Crippen LogP contribution in [0.4, 0.5) is 14.5 Å². The summed E-state index contributed by atoms with van der Waals surface area (Å²) < 4.78 is 32.3. The molecule has 5 rings (SSSR count). The van der Waals surface area contributed by atoms with E-state index >= 15 is 0 Å². The first-order valence-corrected chi connectivity index (χ1v) is 10.7. The van der Waals surface area contributed by atoms with Gasteiger partial charge in [-0.3, -0.25) is 4.98 Å². The van der Waals surface area contributed by atoms with Gasteiger partial charge in [-0.15, -0.1) is 0 Å². The second-order valence-corrected chi connectivity index (χ2v) is 7.93. The van der Waals surface area contributed by atoms with Gasteiger partial charge in [0.1, 0.15) is 11.8 Å². The molecule has 0 aliphatic carbocycles. The predicted octanol–water partition coefficient (Wildman–Crippen LogP) is 4.71. The molecule has 0 unspecified atom stereocenters. The second kappa shape index (κ2) is 8.87. The molecule has 6 nitrogen and oxygen atoms in total. The summed E-state index contributed by atoms with van der Waals surface area (Å²) in [6.45, 7) is -0.864. The van der Waals surface area contributed by atoms with Crippen molar-refractivity contribution in [2.24, 2.45) is 0 Å². The fraction of sp³-hybridized carbons (Fsp3) is 0.240. The number of aromatic nitrogens is 3. The van der Waals surface area contributed by atoms with E-state index in [1.165, 1.54) is 29.6 Å². The standard InChI is InChI=1S/C25H21F2N5O/c26-25(27)33-19-6-7-21-20(12-19)24(18(13-28)14-29-21)31-11-9-23-22(15-31)30-16-32(23)10-8-17-4-2-1-3-5-17/h1-7,12,14,16,25H,8-11,15H2. The number of imidazole rings is 1. The van der Waals surface area contributed by atoms with Crippen LogP contribution in [-0.2, 0) is 25.9 Å². The highest BCUT2D eigenvalue weighted by molar-refractivity contribution is 5.95. The lowest BCUT2D eigenvalue weighted by molar-refractivity contribution is -0.0497. The van der Waals surface area contributed by atoms with E-state index in [0.29, 0.717) is 35.2 Å². The van der Waals surface area contributed by atoms with Crippen molar-refractivity contribution in [1.82, 2.24) is 14.5 Å². The summed E-state index contributed by atoms with van der Waals surface area (Å²) in [4.78, 5) is 11.0. The van der Waals surface area contributed by atoms with Crippen LogP contribution in [0, 0.1) is 11.3 Å². The third-order valence-corrected chi connectivity index (χ3v) is 5.95. The van der Waals surface area contributed by atoms with E-state index < -0.39 is 6.61 Å². The highest BCUT2D eigenvalue weighted by Gasteiger charge is 2.25. The molecule has 2 aromatic heterocycles. The van der Waals surface area contributed by atoms with Crippen molar-refractivity contribution in [2.45, 2.75) is 32.5 Å². The normalized spacial score (nSPS) is 13.2. The number of benzene rings is 2. The number of aryl methyl sites for hydroxylation is 2. The van der Waals surface area contributed by atoms with Gasteiger partial charge in [-0.05, 0) is 30.2 Å². The van der Waals surface area contributed by atoms with E-state index in [9.17, 15) is 14.0 Å². The molecule has 1 aliphatic rings. The summed E-state index contributed by atoms with van der Waals surface area (Å²) in [7, 11) is 0. The Labute approximate surface area is 189 Å². The van der Waals surface area contributed by atoms with Crippen LogP contribution >= 0.6 is 0 Å². The van der Waals surface area contributed by atoms with E-state index in [1.54, 1.807) is 6.07 Å². The number of fused-ring (bicyclic) bond motifs is 2. The Balaban J connectivity index is 1.44. The zero-order chi connectivity index (χ0) is 22.8. The number of ether oxygens (including phenoxy) is 1. The number of alkyl halides is 2. The van der Waals surface area contributed by atoms with Gasteiger partial charge in [0.25, 0.3) is 0 Å². The minimum atomic E-state index is -2.92. The molecule has 0 radical (unpaired) electrons. The Morgan fingerprint density at radius 3 is 2.76 bits per heavy atom. The van der Waals surface area contributed by atoms with Crippen LogP contribution in [0.3, 0.4) is 0 Å². The number of nitriles is 1. The Morgan fingerprint density at radius 1 is 1.12 bits per heavy atom. The fourth-order valence-electron chi connectivity index (χ4n) is 4.40. The lowest BCUT2D eigenvalue weighted by atomic mass is 10.0. The Morgan fingerprint density at radius 2 is 1.97 bits per heavy atom. The van der Waals surface area contributed by atoms with Crippen molar-refractivity contribution in [3.63, 3.8) is 0 Å². The van der Waals surface area contributed by atoms with E-state index in [4.69, 9.17) is 0 Å². The van der Waals surface area contributed by atoms with Crippen LogP contribution in [0.5, 0.6) is 5.75 Å². The lowest BCUT2D eigenvalue weighted by Gasteiger charge is -2.30. The first-order chi connectivity index (χ1) is 16.1. The van der Waals surface area contributed by atoms with Crippen LogP contribution in [0.25, 0.3) is 10.9 Å². The average Bonchev–Trinajstić information content (AvgIpc) is 3.24. The van der Waals surface area contributed by atoms with Gasteiger partial charge in [0.05, 0.1) is 35.3 Å². The number of pyridine rings is 1. The molecule has 2 aromatic carbocycles. The fourth-order valence-corrected chi connectivity index (χ4v) is 4.40. The lowest BCUT2D eigenvalue weighted by Crippen LogP contribution is -2.32. The molecule has 4 aromatic rings. The molecule has 8 heteroatoms. The van der Waals surface area contributed by atoms with Gasteiger partial charge in [-0.25, -0.2) is 4.98 Å². The van der Waals surface area contributed by atoms with E-state index in [0.717, 1.165) is 25.1 Å². The molecule has 0 bridgehead atoms. The number of anilines is 1. The van der Waals surface area contributed by atoms with E-state index in [-0.39, 0.29) is 5.75 Å². The summed E-state index contributed by atoms with van der Waals surface area (Å²) in [5.41, 5.74) is 5.12. The maximum Gasteiger partial charge on any atom is 0.387 e. The van der Waals surface area contributed by atoms with E-state index in [2.05, 4.69) is 42.4 Å². The van der Waals surface area contributed by atoms with Crippen LogP contribution in [-0.4, -0.2) is 27.7 Å². The smallest absolute Gasteiger partial charge is 0.387 e. The number of hydrogen-bond donors (Lipinski definition) is 0. The highest BCUT2D eigenvalue weighted by atomic mass is 19.3. The molecule has 0 amide bonds. The predicted molar refractivity (Wildman–Crippen MR) is 120 cm³/mol. The van der Waals surface area contributed by atoms with Gasteiger partial charge in [-0.1, -0.05) is 30.3 Å². The van der Waals surface area contributed by atoms with Crippen molar-refractivity contribution in [1.29, 1.82) is 5.26 Å². The summed E-state index contributed by atoms with van der Waals surface area (Å²) in [5.74, 6) is 0.0403. The minimum absolute atomic E-state index is 0.0403. The highest BCUT2D eigenvalue weighted by Crippen LogP contribution is 2.35. The summed E-state index contributed by atoms with van der Waals surface area (Å²) >= 11 is 0. The quantitative estimate of drug-likeness (QED) is 0.430. The monoisotopic (exact) mass is 445 g/mol. The van der Waals surface area contributed by atoms with Gasteiger partial charge >= 0.3 is 6.61 Å². The molecule has 0 N–H and O–H groups in total. The third-order valence-electron chi connectivity index (χ3n) is 5.95. The van der Waals surface area contributed by atoms with Crippen molar-refractivity contribution in [2.75, 3.05) is 11.4 Å². The molecule has 0 fully saturated rings. The Kier molecular flexibility index (Phi) is 5.61. The largest absolute Gasteiger partial charge is 0.435 e. The Bertz CT molecular complexity index is 1330. The number of rotatable bonds is 6. The van der Waals surface area contributed by atoms with Gasteiger partial charge < -0.3 is 14.2 Å². The number of halogens is 2. The number of hydrogen-bond acceptors (Lipinski definition) is 5. The maximum absolute atomic E-state index is 12.7. The SMILES string of the molecule is N#Cc1cnc2ccc(OC(F)F)cc2c1N1CCc2c(ncn2CCc2ccccc2)C1. The first kappa shape index (κ1) is 20.9. The molecular formula is C25H21F2N5O. The molecular weight excluding hydrogens is 424 g/mol. The second-order valence-electron chi connectivity index (χ2n) is 7.93. The zero-order valence-corrected chi connectivity index (χ0v) is 17.8. The van der Waals surface area contributed by atoms with Crippen molar-refractivity contribution in [3.05, 3.63) is 83.6 Å². The molecule has 0 saturated heterocycles. The molecule has 1 aliphatic heterocycles. The molecule has 0 atom stereocenters. The molecule has 0 spiro atoms. The van der Waals surface area contributed by atoms with Gasteiger partial charge in [0, 0.05) is 36.8 Å². The van der Waals surface area contributed by atoms with Gasteiger partial charge in [0.2, 0.25) is 0 Å². The van der Waals surface area contributed by atoms with E-state index in [1.807, 2.05) is 24.5 Å². The van der Waals surface area contributed by atoms with Crippen LogP contribution in [0.15, 0.2) is 61.1 Å². The van der Waals surface area contributed by atoms with Crippen LogP contribution in [0.1, 0.15) is 22.5 Å². The van der Waals surface area contributed by atoms with Gasteiger partial charge in [0.15, 0.2) is 0 Å². The maximum atomic E-state index is 12.7. The zero-order valence-electron chi connectivity index (χ0n) is 17.8. The summed E-state index contributed by atoms with van der Waals surface area (Å²) in [5, 5.41) is 10.3. The van der Waals surface area contributed by atoms with Crippen LogP contribution in [0.2, 0.25) is 0 Å². The Hall–Kier alpha value is -3.99. The summed E-state index contributed by atoms with van der Waals surface area (Å²) in [6, 6.07) is 17.1. The van der Waals surface area contributed by atoms with Crippen molar-refractivity contribution in [3.8, 4) is 11.8 Å². The first-order valence-electron chi connectivity index (χ1n) is 10.7. The molecule has 166 valence electrons. The summed E-state index contributed by atoms with van der Waals surface area (Å²) in [6.07, 6.45) is 5.10. The van der Waals surface area contributed by atoms with Crippen molar-refractivity contribution >= 4 is 16.6 Å². The topological polar surface area (TPSA) is 67.0 Å². The van der Waals surface area contributed by atoms with Crippen molar-refractivity contribution < 1.29 is 13.5 Å². The van der Waals surface area contributed by atoms with Gasteiger partial charge in [-0.2, -0.15) is 14.0 Å².